The zero-order valence-electron chi connectivity index (χ0n) is 14.2. The zero-order valence-corrected chi connectivity index (χ0v) is 14.2. The molecular weight excluding hydrogens is 302 g/mol. The Morgan fingerprint density at radius 2 is 1.75 bits per heavy atom. The Morgan fingerprint density at radius 3 is 2.38 bits per heavy atom. The Morgan fingerprint density at radius 1 is 1.08 bits per heavy atom. The number of phenols is 1. The molecule has 0 unspecified atom stereocenters. The molecule has 0 saturated carbocycles. The Kier molecular flexibility index (Phi) is 4.30. The van der Waals surface area contributed by atoms with Gasteiger partial charge in [0.05, 0.1) is 5.56 Å². The summed E-state index contributed by atoms with van der Waals surface area (Å²) in [5.74, 6) is 0.715. The Labute approximate surface area is 142 Å². The highest BCUT2D eigenvalue weighted by Gasteiger charge is 2.29. The molecule has 3 rings (SSSR count). The molecule has 0 aliphatic carbocycles. The minimum absolute atomic E-state index is 0.131. The van der Waals surface area contributed by atoms with Crippen LogP contribution in [-0.4, -0.2) is 24.0 Å². The third-order valence-electron chi connectivity index (χ3n) is 4.38. The Hall–Kier alpha value is -2.75. The standard InChI is InChI=1S/C20H21NO3/c1-4-21(5-2)15-8-6-14(7-9-15)12-18-19(23)16-10-11-17(22)13(3)20(16)24-18/h6-12,22H,4-5H2,1-3H3/b18-12-. The third kappa shape index (κ3) is 2.75. The molecule has 4 nitrogen and oxygen atoms in total. The third-order valence-corrected chi connectivity index (χ3v) is 4.38. The highest BCUT2D eigenvalue weighted by Crippen LogP contribution is 2.38. The van der Waals surface area contributed by atoms with Crippen molar-refractivity contribution in [3.63, 3.8) is 0 Å². The summed E-state index contributed by atoms with van der Waals surface area (Å²) in [6, 6.07) is 11.2. The van der Waals surface area contributed by atoms with Gasteiger partial charge in [0, 0.05) is 24.3 Å². The maximum atomic E-state index is 12.4. The van der Waals surface area contributed by atoms with Crippen LogP contribution in [-0.2, 0) is 0 Å². The van der Waals surface area contributed by atoms with Gasteiger partial charge in [-0.2, -0.15) is 0 Å². The Balaban J connectivity index is 1.88. The van der Waals surface area contributed by atoms with Crippen LogP contribution in [0, 0.1) is 6.92 Å². The number of ketones is 1. The smallest absolute Gasteiger partial charge is 0.231 e. The van der Waals surface area contributed by atoms with Crippen LogP contribution in [0.15, 0.2) is 42.2 Å². The second-order valence-corrected chi connectivity index (χ2v) is 5.79. The number of carbonyl (C=O) groups excluding carboxylic acids is 1. The number of fused-ring (bicyclic) bond motifs is 1. The molecule has 24 heavy (non-hydrogen) atoms. The van der Waals surface area contributed by atoms with Crippen molar-refractivity contribution in [3.05, 3.63) is 58.8 Å². The van der Waals surface area contributed by atoms with Crippen LogP contribution in [0.3, 0.4) is 0 Å². The lowest BCUT2D eigenvalue weighted by Gasteiger charge is -2.20. The molecule has 1 aliphatic heterocycles. The lowest BCUT2D eigenvalue weighted by atomic mass is 10.1. The first-order chi connectivity index (χ1) is 11.5. The highest BCUT2D eigenvalue weighted by molar-refractivity contribution is 6.14. The number of rotatable bonds is 4. The van der Waals surface area contributed by atoms with Crippen molar-refractivity contribution in [2.24, 2.45) is 0 Å². The van der Waals surface area contributed by atoms with Crippen LogP contribution in [0.4, 0.5) is 5.69 Å². The second kappa shape index (κ2) is 6.40. The first-order valence-electron chi connectivity index (χ1n) is 8.17. The summed E-state index contributed by atoms with van der Waals surface area (Å²) in [4.78, 5) is 14.7. The number of anilines is 1. The monoisotopic (exact) mass is 323 g/mol. The number of allylic oxidation sites excluding steroid dienone is 1. The first kappa shape index (κ1) is 16.1. The van der Waals surface area contributed by atoms with E-state index in [0.717, 1.165) is 24.3 Å². The number of ether oxygens (including phenoxy) is 1. The molecule has 0 bridgehead atoms. The highest BCUT2D eigenvalue weighted by atomic mass is 16.5. The number of nitrogens with zero attached hydrogens (tertiary/aromatic N) is 1. The lowest BCUT2D eigenvalue weighted by Crippen LogP contribution is -2.21. The Bertz CT molecular complexity index is 802. The van der Waals surface area contributed by atoms with E-state index < -0.39 is 0 Å². The molecule has 0 radical (unpaired) electrons. The molecule has 0 fully saturated rings. The molecule has 2 aromatic rings. The number of aromatic hydroxyl groups is 1. The quantitative estimate of drug-likeness (QED) is 0.858. The number of benzene rings is 2. The van der Waals surface area contributed by atoms with Crippen LogP contribution in [0.25, 0.3) is 6.08 Å². The van der Waals surface area contributed by atoms with E-state index in [9.17, 15) is 9.90 Å². The predicted octanol–water partition coefficient (Wildman–Crippen LogP) is 4.16. The van der Waals surface area contributed by atoms with Crippen molar-refractivity contribution in [1.82, 2.24) is 0 Å². The van der Waals surface area contributed by atoms with E-state index in [0.29, 0.717) is 16.9 Å². The number of carbonyl (C=O) groups is 1. The molecule has 0 atom stereocenters. The molecule has 1 aliphatic rings. The van der Waals surface area contributed by atoms with Crippen LogP contribution in [0.2, 0.25) is 0 Å². The first-order valence-corrected chi connectivity index (χ1v) is 8.17. The van der Waals surface area contributed by atoms with Gasteiger partial charge in [-0.3, -0.25) is 4.79 Å². The molecule has 1 heterocycles. The number of phenolic OH excluding ortho intramolecular Hbond substituents is 1. The molecule has 0 saturated heterocycles. The fourth-order valence-electron chi connectivity index (χ4n) is 2.90. The normalized spacial score (nSPS) is 14.6. The molecule has 2 aromatic carbocycles. The van der Waals surface area contributed by atoms with E-state index in [4.69, 9.17) is 4.74 Å². The van der Waals surface area contributed by atoms with Crippen molar-refractivity contribution in [1.29, 1.82) is 0 Å². The molecule has 0 amide bonds. The van der Waals surface area contributed by atoms with E-state index in [1.807, 2.05) is 24.3 Å². The van der Waals surface area contributed by atoms with Gasteiger partial charge in [0.1, 0.15) is 11.5 Å². The van der Waals surface area contributed by atoms with Crippen LogP contribution in [0.5, 0.6) is 11.5 Å². The maximum absolute atomic E-state index is 12.4. The van der Waals surface area contributed by atoms with Crippen molar-refractivity contribution >= 4 is 17.5 Å². The van der Waals surface area contributed by atoms with Crippen molar-refractivity contribution < 1.29 is 14.6 Å². The summed E-state index contributed by atoms with van der Waals surface area (Å²) in [6.45, 7) is 7.90. The molecule has 0 aromatic heterocycles. The van der Waals surface area contributed by atoms with E-state index in [2.05, 4.69) is 18.7 Å². The minimum Gasteiger partial charge on any atom is -0.508 e. The zero-order chi connectivity index (χ0) is 17.3. The topological polar surface area (TPSA) is 49.8 Å². The van der Waals surface area contributed by atoms with Gasteiger partial charge in [0.2, 0.25) is 5.78 Å². The van der Waals surface area contributed by atoms with E-state index in [-0.39, 0.29) is 17.3 Å². The largest absolute Gasteiger partial charge is 0.508 e. The van der Waals surface area contributed by atoms with Gasteiger partial charge in [-0.1, -0.05) is 12.1 Å². The minimum atomic E-state index is -0.152. The average molecular weight is 323 g/mol. The fourth-order valence-corrected chi connectivity index (χ4v) is 2.90. The summed E-state index contributed by atoms with van der Waals surface area (Å²) < 4.78 is 5.70. The van der Waals surface area contributed by atoms with Crippen LogP contribution >= 0.6 is 0 Å². The lowest BCUT2D eigenvalue weighted by molar-refractivity contribution is 0.101. The second-order valence-electron chi connectivity index (χ2n) is 5.79. The summed E-state index contributed by atoms with van der Waals surface area (Å²) in [5, 5.41) is 9.76. The molecule has 4 heteroatoms. The summed E-state index contributed by atoms with van der Waals surface area (Å²) >= 11 is 0. The van der Waals surface area contributed by atoms with Gasteiger partial charge >= 0.3 is 0 Å². The van der Waals surface area contributed by atoms with Crippen LogP contribution in [0.1, 0.15) is 35.3 Å². The number of hydrogen-bond acceptors (Lipinski definition) is 4. The van der Waals surface area contributed by atoms with E-state index in [1.54, 1.807) is 19.1 Å². The fraction of sp³-hybridized carbons (Fsp3) is 0.250. The summed E-state index contributed by atoms with van der Waals surface area (Å²) in [7, 11) is 0. The molecular formula is C20H21NO3. The molecule has 124 valence electrons. The van der Waals surface area contributed by atoms with Gasteiger partial charge in [-0.15, -0.1) is 0 Å². The molecule has 1 N–H and O–H groups in total. The van der Waals surface area contributed by atoms with Crippen molar-refractivity contribution in [2.45, 2.75) is 20.8 Å². The van der Waals surface area contributed by atoms with E-state index >= 15 is 0 Å². The van der Waals surface area contributed by atoms with Crippen molar-refractivity contribution in [2.75, 3.05) is 18.0 Å². The maximum Gasteiger partial charge on any atom is 0.231 e. The van der Waals surface area contributed by atoms with Gasteiger partial charge in [0.25, 0.3) is 0 Å². The summed E-state index contributed by atoms with van der Waals surface area (Å²) in [6.07, 6.45) is 1.74. The predicted molar refractivity (Wildman–Crippen MR) is 95.8 cm³/mol. The van der Waals surface area contributed by atoms with Crippen molar-refractivity contribution in [3.8, 4) is 11.5 Å². The number of Topliss-reactive ketones (excluding diaryl/α,β-unsaturated/α-hetero) is 1. The number of hydrogen-bond donors (Lipinski definition) is 1. The summed E-state index contributed by atoms with van der Waals surface area (Å²) in [5.41, 5.74) is 3.14. The molecule has 0 spiro atoms. The van der Waals surface area contributed by atoms with Gasteiger partial charge in [0.15, 0.2) is 5.76 Å². The van der Waals surface area contributed by atoms with Gasteiger partial charge < -0.3 is 14.7 Å². The van der Waals surface area contributed by atoms with Crippen LogP contribution < -0.4 is 9.64 Å². The average Bonchev–Trinajstić information content (AvgIpc) is 2.91. The van der Waals surface area contributed by atoms with Gasteiger partial charge in [-0.25, -0.2) is 0 Å². The van der Waals surface area contributed by atoms with Gasteiger partial charge in [-0.05, 0) is 56.7 Å². The SMILES string of the molecule is CCN(CC)c1ccc(/C=C2\Oc3c(ccc(O)c3C)C2=O)cc1. The van der Waals surface area contributed by atoms with E-state index in [1.165, 1.54) is 6.07 Å².